The summed E-state index contributed by atoms with van der Waals surface area (Å²) in [6.07, 6.45) is -5.08. The number of anilines is 1. The second-order valence-electron chi connectivity index (χ2n) is 5.87. The summed E-state index contributed by atoms with van der Waals surface area (Å²) < 4.78 is 31.7. The number of halogens is 3. The van der Waals surface area contributed by atoms with Gasteiger partial charge in [-0.2, -0.15) is 13.2 Å². The zero-order chi connectivity index (χ0) is 21.5. The van der Waals surface area contributed by atoms with Gasteiger partial charge in [0.2, 0.25) is 11.8 Å². The lowest BCUT2D eigenvalue weighted by atomic mass is 10.1. The van der Waals surface area contributed by atoms with E-state index in [4.69, 9.17) is 15.6 Å². The van der Waals surface area contributed by atoms with Gasteiger partial charge in [-0.05, 0) is 36.8 Å². The molecule has 0 bridgehead atoms. The molecule has 10 heteroatoms. The van der Waals surface area contributed by atoms with Gasteiger partial charge in [-0.1, -0.05) is 30.3 Å². The van der Waals surface area contributed by atoms with Crippen LogP contribution in [0.1, 0.15) is 13.8 Å². The third kappa shape index (κ3) is 7.23. The van der Waals surface area contributed by atoms with Gasteiger partial charge in [0.25, 0.3) is 0 Å². The molecule has 2 amide bonds. The summed E-state index contributed by atoms with van der Waals surface area (Å²) in [4.78, 5) is 32.4. The molecular weight excluding hydrogens is 379 g/mol. The van der Waals surface area contributed by atoms with Gasteiger partial charge in [0.1, 0.15) is 6.04 Å². The number of carboxylic acids is 1. The molecule has 0 saturated heterocycles. The normalized spacial score (nSPS) is 12.9. The molecule has 0 aliphatic rings. The quantitative estimate of drug-likeness (QED) is 0.628. The number of fused-ring (bicyclic) bond motifs is 1. The summed E-state index contributed by atoms with van der Waals surface area (Å²) >= 11 is 0. The van der Waals surface area contributed by atoms with Crippen molar-refractivity contribution in [3.8, 4) is 0 Å². The molecule has 2 rings (SSSR count). The summed E-state index contributed by atoms with van der Waals surface area (Å²) in [6, 6.07) is 12.3. The Balaban J connectivity index is 0.000000480. The van der Waals surface area contributed by atoms with Crippen molar-refractivity contribution in [1.29, 1.82) is 0 Å². The molecule has 0 aliphatic carbocycles. The summed E-state index contributed by atoms with van der Waals surface area (Å²) in [5.74, 6) is -3.39. The van der Waals surface area contributed by atoms with Gasteiger partial charge in [0.15, 0.2) is 0 Å². The number of nitrogens with two attached hydrogens (primary N) is 1. The lowest BCUT2D eigenvalue weighted by molar-refractivity contribution is -0.192. The van der Waals surface area contributed by atoms with Gasteiger partial charge in [-0.15, -0.1) is 0 Å². The van der Waals surface area contributed by atoms with E-state index in [1.165, 1.54) is 0 Å². The van der Waals surface area contributed by atoms with Crippen LogP contribution in [0.15, 0.2) is 42.5 Å². The van der Waals surface area contributed by atoms with Gasteiger partial charge < -0.3 is 21.5 Å². The minimum atomic E-state index is -5.08. The van der Waals surface area contributed by atoms with E-state index in [9.17, 15) is 22.8 Å². The lowest BCUT2D eigenvalue weighted by Crippen LogP contribution is -2.47. The van der Waals surface area contributed by atoms with Crippen LogP contribution in [0.4, 0.5) is 18.9 Å². The molecule has 0 saturated carbocycles. The van der Waals surface area contributed by atoms with E-state index in [0.29, 0.717) is 5.69 Å². The highest BCUT2D eigenvalue weighted by Crippen LogP contribution is 2.18. The molecule has 2 aromatic carbocycles. The van der Waals surface area contributed by atoms with Crippen molar-refractivity contribution in [2.24, 2.45) is 5.73 Å². The minimum Gasteiger partial charge on any atom is -0.475 e. The van der Waals surface area contributed by atoms with Gasteiger partial charge in [0, 0.05) is 5.69 Å². The van der Waals surface area contributed by atoms with Crippen LogP contribution in [0.2, 0.25) is 0 Å². The Hall–Kier alpha value is -3.14. The topological polar surface area (TPSA) is 122 Å². The highest BCUT2D eigenvalue weighted by atomic mass is 19.4. The first kappa shape index (κ1) is 22.9. The predicted octanol–water partition coefficient (Wildman–Crippen LogP) is 2.26. The zero-order valence-electron chi connectivity index (χ0n) is 15.1. The molecule has 0 aromatic heterocycles. The molecule has 0 spiro atoms. The fraction of sp³-hybridized carbons (Fsp3) is 0.278. The molecule has 28 heavy (non-hydrogen) atoms. The van der Waals surface area contributed by atoms with Crippen molar-refractivity contribution in [3.05, 3.63) is 42.5 Å². The van der Waals surface area contributed by atoms with Crippen LogP contribution in [0.25, 0.3) is 10.8 Å². The average Bonchev–Trinajstić information content (AvgIpc) is 2.61. The maximum Gasteiger partial charge on any atom is 0.490 e. The van der Waals surface area contributed by atoms with Gasteiger partial charge >= 0.3 is 12.1 Å². The van der Waals surface area contributed by atoms with Crippen LogP contribution < -0.4 is 16.4 Å². The van der Waals surface area contributed by atoms with Crippen LogP contribution in [-0.2, 0) is 14.4 Å². The molecule has 0 unspecified atom stereocenters. The Bertz CT molecular complexity index is 853. The Kier molecular flexibility index (Phi) is 7.93. The number of amides is 2. The fourth-order valence-corrected chi connectivity index (χ4v) is 1.93. The molecule has 7 nitrogen and oxygen atoms in total. The Labute approximate surface area is 158 Å². The number of nitrogens with one attached hydrogen (secondary N) is 2. The van der Waals surface area contributed by atoms with E-state index in [0.717, 1.165) is 10.8 Å². The maximum atomic E-state index is 12.0. The zero-order valence-corrected chi connectivity index (χ0v) is 15.1. The Morgan fingerprint density at radius 2 is 1.54 bits per heavy atom. The van der Waals surface area contributed by atoms with E-state index in [1.807, 2.05) is 42.5 Å². The largest absolute Gasteiger partial charge is 0.490 e. The van der Waals surface area contributed by atoms with Crippen LogP contribution in [0.5, 0.6) is 0 Å². The molecule has 0 fully saturated rings. The lowest BCUT2D eigenvalue weighted by Gasteiger charge is -2.15. The molecule has 2 aromatic rings. The number of carboxylic acid groups (broad SMARTS) is 1. The number of carbonyl (C=O) groups excluding carboxylic acids is 2. The third-order valence-electron chi connectivity index (χ3n) is 3.43. The molecule has 0 aliphatic heterocycles. The first-order valence-corrected chi connectivity index (χ1v) is 8.07. The smallest absolute Gasteiger partial charge is 0.475 e. The van der Waals surface area contributed by atoms with Crippen molar-refractivity contribution >= 4 is 34.2 Å². The third-order valence-corrected chi connectivity index (χ3v) is 3.43. The fourth-order valence-electron chi connectivity index (χ4n) is 1.93. The van der Waals surface area contributed by atoms with Crippen LogP contribution in [-0.4, -0.2) is 41.2 Å². The maximum absolute atomic E-state index is 12.0. The van der Waals surface area contributed by atoms with Crippen molar-refractivity contribution in [2.75, 3.05) is 5.32 Å². The number of rotatable bonds is 4. The predicted molar refractivity (Wildman–Crippen MR) is 97.5 cm³/mol. The number of aliphatic carboxylic acids is 1. The van der Waals surface area contributed by atoms with Crippen LogP contribution >= 0.6 is 0 Å². The van der Waals surface area contributed by atoms with Crippen molar-refractivity contribution in [3.63, 3.8) is 0 Å². The molecular formula is C18H20F3N3O4. The molecule has 5 N–H and O–H groups in total. The summed E-state index contributed by atoms with van der Waals surface area (Å²) in [5, 5.41) is 14.6. The van der Waals surface area contributed by atoms with Gasteiger partial charge in [-0.25, -0.2) is 4.79 Å². The average molecular weight is 399 g/mol. The molecule has 152 valence electrons. The first-order valence-electron chi connectivity index (χ1n) is 8.07. The number of carbonyl (C=O) groups is 3. The van der Waals surface area contributed by atoms with E-state index in [2.05, 4.69) is 10.6 Å². The molecule has 0 radical (unpaired) electrons. The highest BCUT2D eigenvalue weighted by Gasteiger charge is 2.38. The number of alkyl halides is 3. The van der Waals surface area contributed by atoms with Crippen LogP contribution in [0.3, 0.4) is 0 Å². The number of hydrogen-bond donors (Lipinski definition) is 4. The van der Waals surface area contributed by atoms with Crippen LogP contribution in [0, 0.1) is 0 Å². The second kappa shape index (κ2) is 9.70. The molecule has 0 heterocycles. The van der Waals surface area contributed by atoms with Gasteiger partial charge in [-0.3, -0.25) is 9.59 Å². The van der Waals surface area contributed by atoms with E-state index in [1.54, 1.807) is 13.8 Å². The standard InChI is InChI=1S/C16H19N3O2.C2HF3O2/c1-10(17)15(20)18-11(2)16(21)19-14-8-7-12-5-3-4-6-13(12)9-14;3-2(4,5)1(6)7/h3-11H,17H2,1-2H3,(H,18,20)(H,19,21);(H,6,7)/t10-,11-;/m0./s1. The summed E-state index contributed by atoms with van der Waals surface area (Å²) in [6.45, 7) is 3.19. The van der Waals surface area contributed by atoms with Crippen molar-refractivity contribution in [2.45, 2.75) is 32.1 Å². The van der Waals surface area contributed by atoms with Gasteiger partial charge in [0.05, 0.1) is 6.04 Å². The monoisotopic (exact) mass is 399 g/mol. The summed E-state index contributed by atoms with van der Waals surface area (Å²) in [7, 11) is 0. The highest BCUT2D eigenvalue weighted by molar-refractivity contribution is 5.99. The summed E-state index contributed by atoms with van der Waals surface area (Å²) in [5.41, 5.74) is 6.15. The number of benzene rings is 2. The van der Waals surface area contributed by atoms with Crippen molar-refractivity contribution in [1.82, 2.24) is 5.32 Å². The first-order chi connectivity index (χ1) is 12.9. The van der Waals surface area contributed by atoms with E-state index in [-0.39, 0.29) is 11.8 Å². The number of hydrogen-bond acceptors (Lipinski definition) is 4. The Morgan fingerprint density at radius 3 is 2.04 bits per heavy atom. The molecule has 2 atom stereocenters. The second-order valence-corrected chi connectivity index (χ2v) is 5.87. The van der Waals surface area contributed by atoms with E-state index >= 15 is 0 Å². The van der Waals surface area contributed by atoms with E-state index < -0.39 is 24.2 Å². The SMILES string of the molecule is C[C@H](N)C(=O)N[C@@H](C)C(=O)Nc1ccc2ccccc2c1.O=C(O)C(F)(F)F. The Morgan fingerprint density at radius 1 is 1.00 bits per heavy atom. The van der Waals surface area contributed by atoms with Crippen molar-refractivity contribution < 1.29 is 32.7 Å². The minimum absolute atomic E-state index is 0.278.